The third-order valence-corrected chi connectivity index (χ3v) is 11.1. The number of hydrogen-bond donors (Lipinski definition) is 0. The van der Waals surface area contributed by atoms with Crippen LogP contribution in [0.5, 0.6) is 0 Å². The van der Waals surface area contributed by atoms with Crippen molar-refractivity contribution in [3.8, 4) is 0 Å². The largest absolute Gasteiger partial charge is 0.462 e. The summed E-state index contributed by atoms with van der Waals surface area (Å²) >= 11 is 0. The molecule has 0 radical (unpaired) electrons. The van der Waals surface area contributed by atoms with Crippen molar-refractivity contribution in [2.24, 2.45) is 0 Å². The molecule has 0 aromatic rings. The highest BCUT2D eigenvalue weighted by Crippen LogP contribution is 2.16. The molecule has 0 amide bonds. The molecule has 326 valence electrons. The molecule has 0 spiro atoms. The molecule has 6 nitrogen and oxygen atoms in total. The lowest BCUT2D eigenvalue weighted by Crippen LogP contribution is -2.30. The second kappa shape index (κ2) is 45.1. The van der Waals surface area contributed by atoms with Gasteiger partial charge in [0.25, 0.3) is 0 Å². The first-order chi connectivity index (χ1) is 27.0. The van der Waals surface area contributed by atoms with Gasteiger partial charge in [-0.25, -0.2) is 0 Å². The molecule has 0 rings (SSSR count). The molecular weight excluding hydrogens is 685 g/mol. The Labute approximate surface area is 342 Å². The Bertz CT molecular complexity index is 813. The lowest BCUT2D eigenvalue weighted by molar-refractivity contribution is -0.167. The van der Waals surface area contributed by atoms with Crippen LogP contribution >= 0.6 is 0 Å². The Morgan fingerprint density at radius 3 is 0.727 bits per heavy atom. The quantitative estimate of drug-likeness (QED) is 0.0348. The lowest BCUT2D eigenvalue weighted by atomic mass is 10.0. The molecule has 0 saturated heterocycles. The van der Waals surface area contributed by atoms with Gasteiger partial charge in [0.2, 0.25) is 0 Å². The van der Waals surface area contributed by atoms with Gasteiger partial charge in [-0.3, -0.25) is 14.4 Å². The number of esters is 3. The van der Waals surface area contributed by atoms with E-state index >= 15 is 0 Å². The summed E-state index contributed by atoms with van der Waals surface area (Å²) < 4.78 is 16.7. The Kier molecular flexibility index (Phi) is 43.8. The monoisotopic (exact) mass is 779 g/mol. The van der Waals surface area contributed by atoms with Gasteiger partial charge >= 0.3 is 17.9 Å². The van der Waals surface area contributed by atoms with Crippen molar-refractivity contribution in [2.75, 3.05) is 13.2 Å². The Balaban J connectivity index is 4.26. The van der Waals surface area contributed by atoms with Gasteiger partial charge in [0.1, 0.15) is 13.2 Å². The van der Waals surface area contributed by atoms with Crippen molar-refractivity contribution in [2.45, 2.75) is 284 Å². The number of hydrogen-bond acceptors (Lipinski definition) is 6. The fraction of sp³-hybridized carbons (Fsp3) is 0.939. The van der Waals surface area contributed by atoms with Crippen LogP contribution in [-0.2, 0) is 28.6 Å². The zero-order valence-corrected chi connectivity index (χ0v) is 37.2. The SMILES string of the molecule is CCCCCCCCCCCCCCCCCCC(=O)OCC(COC(=O)CCCCCCCCCCCC)OC(=O)CCCCCCCCCCCCC. The standard InChI is InChI=1S/C49H94O6/c1-4-7-10-13-16-19-22-23-24-25-26-28-30-33-36-39-42-48(51)54-45-46(44-53-47(50)41-38-35-32-29-21-18-15-12-9-6-3)55-49(52)43-40-37-34-31-27-20-17-14-11-8-5-2/h46H,4-45H2,1-3H3. The maximum atomic E-state index is 12.7. The summed E-state index contributed by atoms with van der Waals surface area (Å²) in [4.78, 5) is 37.8. The minimum atomic E-state index is -0.758. The summed E-state index contributed by atoms with van der Waals surface area (Å²) in [5, 5.41) is 0. The lowest BCUT2D eigenvalue weighted by Gasteiger charge is -2.18. The van der Waals surface area contributed by atoms with Crippen LogP contribution in [0.2, 0.25) is 0 Å². The average molecular weight is 779 g/mol. The second-order valence-electron chi connectivity index (χ2n) is 16.7. The van der Waals surface area contributed by atoms with Crippen LogP contribution in [0.3, 0.4) is 0 Å². The van der Waals surface area contributed by atoms with Crippen LogP contribution in [0.25, 0.3) is 0 Å². The minimum Gasteiger partial charge on any atom is -0.462 e. The minimum absolute atomic E-state index is 0.0623. The third kappa shape index (κ3) is 43.4. The summed E-state index contributed by atoms with van der Waals surface area (Å²) in [6.07, 6.45) is 46.5. The highest BCUT2D eigenvalue weighted by Gasteiger charge is 2.19. The van der Waals surface area contributed by atoms with Crippen molar-refractivity contribution in [3.63, 3.8) is 0 Å². The number of ether oxygens (including phenoxy) is 3. The number of rotatable bonds is 45. The van der Waals surface area contributed by atoms with Crippen LogP contribution in [0.4, 0.5) is 0 Å². The topological polar surface area (TPSA) is 78.9 Å². The fourth-order valence-corrected chi connectivity index (χ4v) is 7.38. The highest BCUT2D eigenvalue weighted by atomic mass is 16.6. The summed E-state index contributed by atoms with van der Waals surface area (Å²) in [5.74, 6) is -0.848. The Hall–Kier alpha value is -1.59. The summed E-state index contributed by atoms with van der Waals surface area (Å²) in [6.45, 7) is 6.65. The average Bonchev–Trinajstić information content (AvgIpc) is 3.18. The predicted molar refractivity (Wildman–Crippen MR) is 233 cm³/mol. The summed E-state index contributed by atoms with van der Waals surface area (Å²) in [6, 6.07) is 0. The zero-order chi connectivity index (χ0) is 40.1. The van der Waals surface area contributed by atoms with Gasteiger partial charge in [-0.15, -0.1) is 0 Å². The Morgan fingerprint density at radius 1 is 0.291 bits per heavy atom. The maximum absolute atomic E-state index is 12.7. The Morgan fingerprint density at radius 2 is 0.491 bits per heavy atom. The summed E-state index contributed by atoms with van der Waals surface area (Å²) in [7, 11) is 0. The molecular formula is C49H94O6. The molecule has 0 bridgehead atoms. The van der Waals surface area contributed by atoms with Crippen molar-refractivity contribution in [1.82, 2.24) is 0 Å². The van der Waals surface area contributed by atoms with E-state index in [1.165, 1.54) is 180 Å². The van der Waals surface area contributed by atoms with Crippen molar-refractivity contribution in [1.29, 1.82) is 0 Å². The van der Waals surface area contributed by atoms with Crippen LogP contribution in [0.1, 0.15) is 278 Å². The van der Waals surface area contributed by atoms with Gasteiger partial charge in [-0.1, -0.05) is 239 Å². The molecule has 6 heteroatoms. The molecule has 0 saturated carbocycles. The first-order valence-corrected chi connectivity index (χ1v) is 24.5. The van der Waals surface area contributed by atoms with Crippen LogP contribution < -0.4 is 0 Å². The smallest absolute Gasteiger partial charge is 0.306 e. The molecule has 1 atom stereocenters. The number of unbranched alkanes of at least 4 members (excludes halogenated alkanes) is 34. The van der Waals surface area contributed by atoms with E-state index in [9.17, 15) is 14.4 Å². The molecule has 0 aliphatic heterocycles. The van der Waals surface area contributed by atoms with E-state index in [2.05, 4.69) is 20.8 Å². The normalized spacial score (nSPS) is 11.8. The molecule has 0 aliphatic rings. The van der Waals surface area contributed by atoms with E-state index in [1.807, 2.05) is 0 Å². The maximum Gasteiger partial charge on any atom is 0.306 e. The van der Waals surface area contributed by atoms with Gasteiger partial charge < -0.3 is 14.2 Å². The fourth-order valence-electron chi connectivity index (χ4n) is 7.38. The van der Waals surface area contributed by atoms with E-state index in [4.69, 9.17) is 14.2 Å². The van der Waals surface area contributed by atoms with Crippen molar-refractivity contribution in [3.05, 3.63) is 0 Å². The predicted octanol–water partition coefficient (Wildman–Crippen LogP) is 15.6. The van der Waals surface area contributed by atoms with Crippen LogP contribution in [-0.4, -0.2) is 37.2 Å². The van der Waals surface area contributed by atoms with Gasteiger partial charge in [-0.05, 0) is 19.3 Å². The van der Waals surface area contributed by atoms with E-state index < -0.39 is 6.10 Å². The third-order valence-electron chi connectivity index (χ3n) is 11.1. The van der Waals surface area contributed by atoms with E-state index in [0.29, 0.717) is 19.3 Å². The van der Waals surface area contributed by atoms with E-state index in [1.54, 1.807) is 0 Å². The molecule has 0 aromatic heterocycles. The zero-order valence-electron chi connectivity index (χ0n) is 37.2. The van der Waals surface area contributed by atoms with Crippen LogP contribution in [0, 0.1) is 0 Å². The number of carbonyl (C=O) groups is 3. The highest BCUT2D eigenvalue weighted by molar-refractivity contribution is 5.71. The molecule has 0 N–H and O–H groups in total. The second-order valence-corrected chi connectivity index (χ2v) is 16.7. The molecule has 0 aliphatic carbocycles. The van der Waals surface area contributed by atoms with Gasteiger partial charge in [0, 0.05) is 19.3 Å². The van der Waals surface area contributed by atoms with Crippen LogP contribution in [0.15, 0.2) is 0 Å². The first kappa shape index (κ1) is 53.4. The van der Waals surface area contributed by atoms with Crippen molar-refractivity contribution < 1.29 is 28.6 Å². The first-order valence-electron chi connectivity index (χ1n) is 24.5. The van der Waals surface area contributed by atoms with Gasteiger partial charge in [0.05, 0.1) is 0 Å². The molecule has 1 unspecified atom stereocenters. The number of carbonyl (C=O) groups excluding carboxylic acids is 3. The van der Waals surface area contributed by atoms with Gasteiger partial charge in [0.15, 0.2) is 6.10 Å². The molecule has 55 heavy (non-hydrogen) atoms. The summed E-state index contributed by atoms with van der Waals surface area (Å²) in [5.41, 5.74) is 0. The van der Waals surface area contributed by atoms with Gasteiger partial charge in [-0.2, -0.15) is 0 Å². The molecule has 0 fully saturated rings. The molecule has 0 aromatic carbocycles. The van der Waals surface area contributed by atoms with Crippen molar-refractivity contribution >= 4 is 17.9 Å². The molecule has 0 heterocycles. The van der Waals surface area contributed by atoms with E-state index in [0.717, 1.165) is 57.8 Å². The van der Waals surface area contributed by atoms with E-state index in [-0.39, 0.29) is 31.1 Å².